The van der Waals surface area contributed by atoms with Crippen LogP contribution >= 0.6 is 11.3 Å². The van der Waals surface area contributed by atoms with Crippen LogP contribution in [0, 0.1) is 12.8 Å². The second kappa shape index (κ2) is 6.87. The summed E-state index contributed by atoms with van der Waals surface area (Å²) < 4.78 is 0. The van der Waals surface area contributed by atoms with Gasteiger partial charge in [0.2, 0.25) is 0 Å². The molecule has 3 heteroatoms. The number of aryl methyl sites for hydroxylation is 1. The van der Waals surface area contributed by atoms with Gasteiger partial charge in [-0.15, -0.1) is 11.3 Å². The highest BCUT2D eigenvalue weighted by Gasteiger charge is 2.25. The molecule has 1 heterocycles. The molecular formula is C16H28N2S. The van der Waals surface area contributed by atoms with Crippen molar-refractivity contribution in [1.29, 1.82) is 0 Å². The van der Waals surface area contributed by atoms with Gasteiger partial charge >= 0.3 is 0 Å². The molecule has 0 bridgehead atoms. The van der Waals surface area contributed by atoms with Crippen LogP contribution in [0.4, 0.5) is 0 Å². The Morgan fingerprint density at radius 3 is 2.79 bits per heavy atom. The highest BCUT2D eigenvalue weighted by atomic mass is 32.1. The van der Waals surface area contributed by atoms with E-state index in [1.165, 1.54) is 41.0 Å². The molecule has 0 aromatic carbocycles. The number of hydrogen-bond donors (Lipinski definition) is 1. The minimum absolute atomic E-state index is 0.779. The van der Waals surface area contributed by atoms with Gasteiger partial charge in [0.25, 0.3) is 0 Å². The van der Waals surface area contributed by atoms with E-state index in [4.69, 9.17) is 0 Å². The number of rotatable bonds is 5. The van der Waals surface area contributed by atoms with Gasteiger partial charge in [0.15, 0.2) is 0 Å². The van der Waals surface area contributed by atoms with Crippen molar-refractivity contribution in [2.45, 2.75) is 58.7 Å². The summed E-state index contributed by atoms with van der Waals surface area (Å²) in [6, 6.07) is 3.17. The quantitative estimate of drug-likeness (QED) is 0.883. The molecule has 1 saturated carbocycles. The SMILES string of the molecule is CNCc1cc(CN(C)C2CCCCC2C)c(C)s1. The Kier molecular flexibility index (Phi) is 5.43. The van der Waals surface area contributed by atoms with Crippen LogP contribution in [-0.4, -0.2) is 25.0 Å². The molecule has 1 fully saturated rings. The van der Waals surface area contributed by atoms with Crippen molar-refractivity contribution in [3.8, 4) is 0 Å². The van der Waals surface area contributed by atoms with Crippen LogP contribution in [0.5, 0.6) is 0 Å². The van der Waals surface area contributed by atoms with Crippen LogP contribution in [-0.2, 0) is 13.1 Å². The Morgan fingerprint density at radius 2 is 2.11 bits per heavy atom. The van der Waals surface area contributed by atoms with E-state index in [-0.39, 0.29) is 0 Å². The molecule has 1 aliphatic rings. The molecule has 2 atom stereocenters. The van der Waals surface area contributed by atoms with E-state index in [0.717, 1.165) is 25.0 Å². The zero-order valence-electron chi connectivity index (χ0n) is 12.8. The second-order valence-corrected chi connectivity index (χ2v) is 7.41. The maximum absolute atomic E-state index is 3.25. The van der Waals surface area contributed by atoms with Gasteiger partial charge < -0.3 is 5.32 Å². The molecule has 1 aliphatic carbocycles. The van der Waals surface area contributed by atoms with Crippen molar-refractivity contribution >= 4 is 11.3 Å². The van der Waals surface area contributed by atoms with E-state index in [1.54, 1.807) is 0 Å². The van der Waals surface area contributed by atoms with E-state index in [0.29, 0.717) is 0 Å². The highest BCUT2D eigenvalue weighted by molar-refractivity contribution is 7.12. The fourth-order valence-corrected chi connectivity index (χ4v) is 4.41. The van der Waals surface area contributed by atoms with E-state index >= 15 is 0 Å². The highest BCUT2D eigenvalue weighted by Crippen LogP contribution is 2.30. The summed E-state index contributed by atoms with van der Waals surface area (Å²) in [6.45, 7) is 6.79. The minimum atomic E-state index is 0.779. The van der Waals surface area contributed by atoms with Gasteiger partial charge in [0, 0.05) is 28.9 Å². The predicted molar refractivity (Wildman–Crippen MR) is 84.7 cm³/mol. The molecular weight excluding hydrogens is 252 g/mol. The van der Waals surface area contributed by atoms with Gasteiger partial charge in [-0.1, -0.05) is 19.8 Å². The average molecular weight is 280 g/mol. The summed E-state index contributed by atoms with van der Waals surface area (Å²) in [5, 5.41) is 3.25. The number of thiophene rings is 1. The molecule has 2 nitrogen and oxygen atoms in total. The van der Waals surface area contributed by atoms with Gasteiger partial charge in [0.05, 0.1) is 0 Å². The Bertz CT molecular complexity index is 399. The molecule has 0 radical (unpaired) electrons. The standard InChI is InChI=1S/C16H28N2S/c1-12-7-5-6-8-16(12)18(4)11-14-9-15(10-17-3)19-13(14)2/h9,12,16-17H,5-8,10-11H2,1-4H3. The average Bonchev–Trinajstić information content (AvgIpc) is 2.70. The first-order valence-corrected chi connectivity index (χ1v) is 8.36. The Balaban J connectivity index is 1.99. The molecule has 2 rings (SSSR count). The maximum Gasteiger partial charge on any atom is 0.0296 e. The van der Waals surface area contributed by atoms with Gasteiger partial charge in [-0.3, -0.25) is 4.90 Å². The van der Waals surface area contributed by atoms with Gasteiger partial charge in [-0.05, 0) is 51.4 Å². The van der Waals surface area contributed by atoms with Crippen LogP contribution in [0.15, 0.2) is 6.07 Å². The van der Waals surface area contributed by atoms with E-state index in [1.807, 2.05) is 18.4 Å². The van der Waals surface area contributed by atoms with Gasteiger partial charge in [-0.25, -0.2) is 0 Å². The fraction of sp³-hybridized carbons (Fsp3) is 0.750. The molecule has 1 N–H and O–H groups in total. The number of nitrogens with zero attached hydrogens (tertiary/aromatic N) is 1. The molecule has 2 unspecified atom stereocenters. The summed E-state index contributed by atoms with van der Waals surface area (Å²) in [5.41, 5.74) is 1.52. The third-order valence-corrected chi connectivity index (χ3v) is 5.57. The molecule has 0 spiro atoms. The first kappa shape index (κ1) is 15.0. The normalized spacial score (nSPS) is 24.1. The van der Waals surface area contributed by atoms with Crippen molar-refractivity contribution < 1.29 is 0 Å². The zero-order valence-corrected chi connectivity index (χ0v) is 13.6. The Morgan fingerprint density at radius 1 is 1.37 bits per heavy atom. The Labute approximate surface area is 122 Å². The lowest BCUT2D eigenvalue weighted by Crippen LogP contribution is -2.38. The van der Waals surface area contributed by atoms with Gasteiger partial charge in [0.1, 0.15) is 0 Å². The molecule has 0 amide bonds. The summed E-state index contributed by atoms with van der Waals surface area (Å²) in [5.74, 6) is 0.856. The summed E-state index contributed by atoms with van der Waals surface area (Å²) >= 11 is 1.94. The van der Waals surface area contributed by atoms with E-state index < -0.39 is 0 Å². The smallest absolute Gasteiger partial charge is 0.0296 e. The molecule has 0 saturated heterocycles. The first-order chi connectivity index (χ1) is 9.11. The lowest BCUT2D eigenvalue weighted by atomic mass is 9.85. The number of hydrogen-bond acceptors (Lipinski definition) is 3. The Hall–Kier alpha value is -0.380. The maximum atomic E-state index is 3.25. The van der Waals surface area contributed by atoms with Crippen LogP contribution in [0.25, 0.3) is 0 Å². The van der Waals surface area contributed by atoms with Gasteiger partial charge in [-0.2, -0.15) is 0 Å². The first-order valence-electron chi connectivity index (χ1n) is 7.55. The minimum Gasteiger partial charge on any atom is -0.315 e. The third kappa shape index (κ3) is 3.80. The zero-order chi connectivity index (χ0) is 13.8. The van der Waals surface area contributed by atoms with Crippen molar-refractivity contribution in [3.05, 3.63) is 21.4 Å². The fourth-order valence-electron chi connectivity index (χ4n) is 3.34. The topological polar surface area (TPSA) is 15.3 Å². The van der Waals surface area contributed by atoms with Crippen LogP contribution < -0.4 is 5.32 Å². The van der Waals surface area contributed by atoms with Crippen molar-refractivity contribution in [2.24, 2.45) is 5.92 Å². The van der Waals surface area contributed by atoms with Crippen molar-refractivity contribution in [1.82, 2.24) is 10.2 Å². The third-order valence-electron chi connectivity index (χ3n) is 4.47. The van der Waals surface area contributed by atoms with Crippen LogP contribution in [0.2, 0.25) is 0 Å². The second-order valence-electron chi connectivity index (χ2n) is 6.07. The molecule has 19 heavy (non-hydrogen) atoms. The molecule has 1 aromatic rings. The largest absolute Gasteiger partial charge is 0.315 e. The number of nitrogens with one attached hydrogen (secondary N) is 1. The van der Waals surface area contributed by atoms with E-state index in [2.05, 4.69) is 37.2 Å². The summed E-state index contributed by atoms with van der Waals surface area (Å²) in [6.07, 6.45) is 5.62. The molecule has 1 aromatic heterocycles. The van der Waals surface area contributed by atoms with Crippen molar-refractivity contribution in [3.63, 3.8) is 0 Å². The summed E-state index contributed by atoms with van der Waals surface area (Å²) in [4.78, 5) is 5.53. The van der Waals surface area contributed by atoms with Crippen LogP contribution in [0.1, 0.15) is 47.9 Å². The molecule has 108 valence electrons. The van der Waals surface area contributed by atoms with Crippen LogP contribution in [0.3, 0.4) is 0 Å². The lowest BCUT2D eigenvalue weighted by Gasteiger charge is -2.36. The molecule has 0 aliphatic heterocycles. The van der Waals surface area contributed by atoms with Crippen molar-refractivity contribution in [2.75, 3.05) is 14.1 Å². The summed E-state index contributed by atoms with van der Waals surface area (Å²) in [7, 11) is 4.33. The van der Waals surface area contributed by atoms with E-state index in [9.17, 15) is 0 Å². The monoisotopic (exact) mass is 280 g/mol. The lowest BCUT2D eigenvalue weighted by molar-refractivity contribution is 0.133. The predicted octanol–water partition coefficient (Wildman–Crippen LogP) is 3.79.